The average Bonchev–Trinajstić information content (AvgIpc) is 3.03. The lowest BCUT2D eigenvalue weighted by Gasteiger charge is -2.05. The van der Waals surface area contributed by atoms with E-state index < -0.39 is 11.7 Å². The van der Waals surface area contributed by atoms with Crippen molar-refractivity contribution in [1.29, 1.82) is 0 Å². The van der Waals surface area contributed by atoms with Crippen molar-refractivity contribution in [2.75, 3.05) is 11.9 Å². The summed E-state index contributed by atoms with van der Waals surface area (Å²) in [7, 11) is 0. The van der Waals surface area contributed by atoms with Crippen LogP contribution in [-0.4, -0.2) is 27.5 Å². The van der Waals surface area contributed by atoms with Crippen LogP contribution in [0, 0.1) is 5.82 Å². The first-order valence-corrected chi connectivity index (χ1v) is 6.84. The van der Waals surface area contributed by atoms with Gasteiger partial charge in [-0.15, -0.1) is 0 Å². The fourth-order valence-electron chi connectivity index (χ4n) is 1.95. The predicted octanol–water partition coefficient (Wildman–Crippen LogP) is 2.63. The normalized spacial score (nSPS) is 10.3. The molecule has 6 nitrogen and oxygen atoms in total. The van der Waals surface area contributed by atoms with Crippen molar-refractivity contribution in [3.05, 3.63) is 60.8 Å². The number of hydrogen-bond donors (Lipinski definition) is 2. The maximum Gasteiger partial charge on any atom is 0.294 e. The highest BCUT2D eigenvalue weighted by molar-refractivity contribution is 5.91. The van der Waals surface area contributed by atoms with Crippen LogP contribution in [0.2, 0.25) is 0 Å². The molecule has 1 aromatic carbocycles. The summed E-state index contributed by atoms with van der Waals surface area (Å²) in [6, 6.07) is 9.52. The Balaban J connectivity index is 1.56. The number of benzene rings is 1. The monoisotopic (exact) mass is 312 g/mol. The number of amides is 1. The summed E-state index contributed by atoms with van der Waals surface area (Å²) in [5.41, 5.74) is 2.04. The first kappa shape index (κ1) is 14.7. The molecular formula is C16H13FN4O2. The fraction of sp³-hybridized carbons (Fsp3) is 0.0625. The molecule has 3 aromatic rings. The summed E-state index contributed by atoms with van der Waals surface area (Å²) >= 11 is 0. The van der Waals surface area contributed by atoms with Crippen LogP contribution >= 0.6 is 0 Å². The molecular weight excluding hydrogens is 299 g/mol. The van der Waals surface area contributed by atoms with Gasteiger partial charge >= 0.3 is 0 Å². The van der Waals surface area contributed by atoms with Gasteiger partial charge in [0.1, 0.15) is 5.82 Å². The van der Waals surface area contributed by atoms with E-state index in [0.717, 1.165) is 11.3 Å². The predicted molar refractivity (Wildman–Crippen MR) is 82.3 cm³/mol. The van der Waals surface area contributed by atoms with Crippen LogP contribution in [0.3, 0.4) is 0 Å². The van der Waals surface area contributed by atoms with Crippen LogP contribution in [0.1, 0.15) is 0 Å². The Morgan fingerprint density at radius 1 is 1.26 bits per heavy atom. The number of H-pyrrole nitrogens is 1. The van der Waals surface area contributed by atoms with Crippen LogP contribution in [0.5, 0.6) is 6.01 Å². The minimum atomic E-state index is -0.420. The SMILES string of the molecule is O=C(COc1ncc(-c2ccncc2)[nH]1)Nc1cccc(F)c1. The Bertz CT molecular complexity index is 805. The molecule has 0 atom stereocenters. The number of ether oxygens (including phenoxy) is 1. The number of nitrogens with zero attached hydrogens (tertiary/aromatic N) is 2. The van der Waals surface area contributed by atoms with Crippen molar-refractivity contribution in [3.63, 3.8) is 0 Å². The number of nitrogens with one attached hydrogen (secondary N) is 2. The van der Waals surface area contributed by atoms with Crippen LogP contribution in [-0.2, 0) is 4.79 Å². The first-order chi connectivity index (χ1) is 11.2. The van der Waals surface area contributed by atoms with E-state index in [0.29, 0.717) is 5.69 Å². The molecule has 0 saturated heterocycles. The number of carbonyl (C=O) groups excluding carboxylic acids is 1. The molecule has 2 N–H and O–H groups in total. The molecule has 0 saturated carbocycles. The molecule has 0 spiro atoms. The van der Waals surface area contributed by atoms with E-state index in [-0.39, 0.29) is 12.6 Å². The minimum Gasteiger partial charge on any atom is -0.455 e. The van der Waals surface area contributed by atoms with Gasteiger partial charge in [0.2, 0.25) is 0 Å². The third kappa shape index (κ3) is 3.91. The Labute approximate surface area is 131 Å². The van der Waals surface area contributed by atoms with Gasteiger partial charge in [-0.3, -0.25) is 9.78 Å². The highest BCUT2D eigenvalue weighted by Gasteiger charge is 2.08. The third-order valence-corrected chi connectivity index (χ3v) is 2.99. The number of rotatable bonds is 5. The topological polar surface area (TPSA) is 79.9 Å². The smallest absolute Gasteiger partial charge is 0.294 e. The number of hydrogen-bond acceptors (Lipinski definition) is 4. The number of imidazole rings is 1. The second-order valence-corrected chi connectivity index (χ2v) is 4.69. The lowest BCUT2D eigenvalue weighted by Crippen LogP contribution is -2.20. The number of aromatic amines is 1. The third-order valence-electron chi connectivity index (χ3n) is 2.99. The number of aromatic nitrogens is 3. The Hall–Kier alpha value is -3.22. The van der Waals surface area contributed by atoms with E-state index in [9.17, 15) is 9.18 Å². The first-order valence-electron chi connectivity index (χ1n) is 6.84. The summed E-state index contributed by atoms with van der Waals surface area (Å²) < 4.78 is 18.3. The molecule has 0 bridgehead atoms. The second kappa shape index (κ2) is 6.69. The van der Waals surface area contributed by atoms with Crippen molar-refractivity contribution in [2.24, 2.45) is 0 Å². The summed E-state index contributed by atoms with van der Waals surface area (Å²) in [5, 5.41) is 2.54. The van der Waals surface area contributed by atoms with Gasteiger partial charge in [0.25, 0.3) is 11.9 Å². The highest BCUT2D eigenvalue weighted by Crippen LogP contribution is 2.18. The van der Waals surface area contributed by atoms with Crippen molar-refractivity contribution < 1.29 is 13.9 Å². The van der Waals surface area contributed by atoms with E-state index in [1.54, 1.807) is 24.7 Å². The van der Waals surface area contributed by atoms with E-state index in [2.05, 4.69) is 20.3 Å². The van der Waals surface area contributed by atoms with Gasteiger partial charge in [0.05, 0.1) is 11.9 Å². The van der Waals surface area contributed by atoms with Gasteiger partial charge < -0.3 is 15.0 Å². The summed E-state index contributed by atoms with van der Waals surface area (Å²) in [5.74, 6) is -0.825. The lowest BCUT2D eigenvalue weighted by molar-refractivity contribution is -0.118. The van der Waals surface area contributed by atoms with Crippen LogP contribution in [0.4, 0.5) is 10.1 Å². The maximum atomic E-state index is 13.0. The summed E-state index contributed by atoms with van der Waals surface area (Å²) in [6.07, 6.45) is 4.95. The van der Waals surface area contributed by atoms with Gasteiger partial charge in [0, 0.05) is 23.6 Å². The quantitative estimate of drug-likeness (QED) is 0.759. The van der Waals surface area contributed by atoms with Gasteiger partial charge in [-0.1, -0.05) is 6.07 Å². The zero-order valence-corrected chi connectivity index (χ0v) is 12.0. The van der Waals surface area contributed by atoms with Crippen molar-refractivity contribution in [1.82, 2.24) is 15.0 Å². The van der Waals surface area contributed by atoms with Gasteiger partial charge in [-0.05, 0) is 30.3 Å². The molecule has 116 valence electrons. The molecule has 23 heavy (non-hydrogen) atoms. The molecule has 0 aliphatic rings. The number of halogens is 1. The van der Waals surface area contributed by atoms with E-state index in [4.69, 9.17) is 4.74 Å². The van der Waals surface area contributed by atoms with Crippen molar-refractivity contribution in [2.45, 2.75) is 0 Å². The molecule has 7 heteroatoms. The average molecular weight is 312 g/mol. The van der Waals surface area contributed by atoms with Crippen molar-refractivity contribution in [3.8, 4) is 17.3 Å². The largest absolute Gasteiger partial charge is 0.455 e. The molecule has 0 unspecified atom stereocenters. The molecule has 3 rings (SSSR count). The van der Waals surface area contributed by atoms with Crippen molar-refractivity contribution >= 4 is 11.6 Å². The Morgan fingerprint density at radius 2 is 2.09 bits per heavy atom. The maximum absolute atomic E-state index is 13.0. The van der Waals surface area contributed by atoms with Gasteiger partial charge in [-0.25, -0.2) is 9.37 Å². The van der Waals surface area contributed by atoms with E-state index in [1.165, 1.54) is 18.2 Å². The summed E-state index contributed by atoms with van der Waals surface area (Å²) in [6.45, 7) is -0.236. The number of pyridine rings is 1. The van der Waals surface area contributed by atoms with E-state index >= 15 is 0 Å². The molecule has 0 radical (unpaired) electrons. The number of carbonyl (C=O) groups is 1. The van der Waals surface area contributed by atoms with Crippen LogP contribution < -0.4 is 10.1 Å². The summed E-state index contributed by atoms with van der Waals surface area (Å²) in [4.78, 5) is 22.7. The molecule has 0 aliphatic heterocycles. The van der Waals surface area contributed by atoms with Crippen LogP contribution in [0.25, 0.3) is 11.3 Å². The zero-order chi connectivity index (χ0) is 16.1. The van der Waals surface area contributed by atoms with Crippen LogP contribution in [0.15, 0.2) is 55.0 Å². The van der Waals surface area contributed by atoms with Gasteiger partial charge in [0.15, 0.2) is 6.61 Å². The Kier molecular flexibility index (Phi) is 4.28. The molecule has 2 heterocycles. The Morgan fingerprint density at radius 3 is 2.87 bits per heavy atom. The molecule has 2 aromatic heterocycles. The fourth-order valence-corrected chi connectivity index (χ4v) is 1.95. The standard InChI is InChI=1S/C16H13FN4O2/c17-12-2-1-3-13(8-12)20-15(22)10-23-16-19-9-14(21-16)11-4-6-18-7-5-11/h1-9H,10H2,(H,19,21)(H,20,22). The van der Waals surface area contributed by atoms with Gasteiger partial charge in [-0.2, -0.15) is 0 Å². The van der Waals surface area contributed by atoms with E-state index in [1.807, 2.05) is 12.1 Å². The minimum absolute atomic E-state index is 0.228. The molecule has 0 fully saturated rings. The second-order valence-electron chi connectivity index (χ2n) is 4.69. The molecule has 0 aliphatic carbocycles. The zero-order valence-electron chi connectivity index (χ0n) is 12.0. The number of anilines is 1. The molecule has 1 amide bonds. The highest BCUT2D eigenvalue weighted by atomic mass is 19.1. The lowest BCUT2D eigenvalue weighted by atomic mass is 10.2.